The van der Waals surface area contributed by atoms with Crippen LogP contribution in [0.2, 0.25) is 0 Å². The molecule has 0 bridgehead atoms. The fraction of sp³-hybridized carbons (Fsp3) is 0.263. The van der Waals surface area contributed by atoms with Crippen molar-refractivity contribution in [2.75, 3.05) is 12.4 Å². The molecule has 0 unspecified atom stereocenters. The molecule has 130 valence electrons. The molecule has 0 radical (unpaired) electrons. The number of nitrogens with zero attached hydrogens (tertiary/aromatic N) is 3. The third-order valence-corrected chi connectivity index (χ3v) is 4.82. The molecule has 0 N–H and O–H groups in total. The molecule has 0 aliphatic carbocycles. The first-order valence-corrected chi connectivity index (χ1v) is 9.09. The number of hydrogen-bond acceptors (Lipinski definition) is 4. The Hall–Kier alpha value is -2.34. The minimum atomic E-state index is -0.255. The monoisotopic (exact) mass is 357 g/mol. The van der Waals surface area contributed by atoms with E-state index in [1.165, 1.54) is 17.7 Å². The second-order valence-corrected chi connectivity index (χ2v) is 6.80. The molecule has 0 aliphatic rings. The van der Waals surface area contributed by atoms with E-state index in [1.54, 1.807) is 23.9 Å². The summed E-state index contributed by atoms with van der Waals surface area (Å²) in [5, 5.41) is 9.48. The van der Waals surface area contributed by atoms with E-state index in [-0.39, 0.29) is 5.82 Å². The molecule has 1 heterocycles. The van der Waals surface area contributed by atoms with Crippen LogP contribution in [-0.4, -0.2) is 27.1 Å². The number of halogens is 1. The van der Waals surface area contributed by atoms with Crippen LogP contribution in [0, 0.1) is 12.7 Å². The molecule has 25 heavy (non-hydrogen) atoms. The number of benzene rings is 2. The van der Waals surface area contributed by atoms with E-state index >= 15 is 0 Å². The van der Waals surface area contributed by atoms with Gasteiger partial charge in [-0.05, 0) is 43.7 Å². The van der Waals surface area contributed by atoms with Gasteiger partial charge in [-0.2, -0.15) is 0 Å². The normalized spacial score (nSPS) is 10.8. The number of thioether (sulfide) groups is 1. The highest BCUT2D eigenvalue weighted by atomic mass is 32.2. The predicted molar refractivity (Wildman–Crippen MR) is 98.4 cm³/mol. The first-order chi connectivity index (χ1) is 12.1. The average Bonchev–Trinajstić information content (AvgIpc) is 2.97. The third-order valence-electron chi connectivity index (χ3n) is 3.71. The second kappa shape index (κ2) is 8.16. The average molecular weight is 357 g/mol. The summed E-state index contributed by atoms with van der Waals surface area (Å²) in [4.78, 5) is 0. The van der Waals surface area contributed by atoms with Crippen LogP contribution >= 0.6 is 11.8 Å². The van der Waals surface area contributed by atoms with Crippen LogP contribution in [0.15, 0.2) is 53.7 Å². The minimum Gasteiger partial charge on any atom is -0.494 e. The maximum absolute atomic E-state index is 12.8. The van der Waals surface area contributed by atoms with Crippen LogP contribution < -0.4 is 4.74 Å². The summed E-state index contributed by atoms with van der Waals surface area (Å²) in [5.41, 5.74) is 2.27. The zero-order valence-corrected chi connectivity index (χ0v) is 15.1. The summed E-state index contributed by atoms with van der Waals surface area (Å²) in [5.74, 6) is 2.18. The van der Waals surface area contributed by atoms with Gasteiger partial charge in [-0.25, -0.2) is 4.39 Å². The van der Waals surface area contributed by atoms with E-state index in [2.05, 4.69) is 29.3 Å². The molecule has 0 saturated heterocycles. The van der Waals surface area contributed by atoms with Crippen molar-refractivity contribution in [1.82, 2.24) is 14.8 Å². The van der Waals surface area contributed by atoms with Gasteiger partial charge in [0.15, 0.2) is 11.0 Å². The summed E-state index contributed by atoms with van der Waals surface area (Å²) >= 11 is 1.65. The van der Waals surface area contributed by atoms with Crippen molar-refractivity contribution in [3.63, 3.8) is 0 Å². The summed E-state index contributed by atoms with van der Waals surface area (Å²) in [7, 11) is 1.98. The largest absolute Gasteiger partial charge is 0.494 e. The van der Waals surface area contributed by atoms with Crippen molar-refractivity contribution in [2.45, 2.75) is 18.5 Å². The van der Waals surface area contributed by atoms with Crippen LogP contribution in [0.1, 0.15) is 12.0 Å². The zero-order chi connectivity index (χ0) is 17.6. The fourth-order valence-corrected chi connectivity index (χ4v) is 3.24. The first-order valence-electron chi connectivity index (χ1n) is 8.11. The van der Waals surface area contributed by atoms with Gasteiger partial charge in [0.25, 0.3) is 0 Å². The predicted octanol–water partition coefficient (Wildman–Crippen LogP) is 4.49. The van der Waals surface area contributed by atoms with Crippen molar-refractivity contribution in [3.8, 4) is 17.1 Å². The number of hydrogen-bond donors (Lipinski definition) is 0. The summed E-state index contributed by atoms with van der Waals surface area (Å²) in [6.45, 7) is 2.65. The highest BCUT2D eigenvalue weighted by molar-refractivity contribution is 7.99. The molecule has 6 heteroatoms. The summed E-state index contributed by atoms with van der Waals surface area (Å²) in [6, 6.07) is 14.3. The van der Waals surface area contributed by atoms with E-state index in [0.29, 0.717) is 12.4 Å². The van der Waals surface area contributed by atoms with E-state index in [0.717, 1.165) is 28.7 Å². The van der Waals surface area contributed by atoms with E-state index in [1.807, 2.05) is 23.7 Å². The van der Waals surface area contributed by atoms with Crippen LogP contribution in [0.4, 0.5) is 4.39 Å². The third kappa shape index (κ3) is 4.60. The number of aromatic nitrogens is 3. The smallest absolute Gasteiger partial charge is 0.191 e. The van der Waals surface area contributed by atoms with Gasteiger partial charge in [-0.15, -0.1) is 10.2 Å². The maximum atomic E-state index is 12.8. The molecular formula is C19H20FN3OS. The minimum absolute atomic E-state index is 0.255. The van der Waals surface area contributed by atoms with Crippen LogP contribution in [0.25, 0.3) is 11.4 Å². The van der Waals surface area contributed by atoms with Gasteiger partial charge in [0, 0.05) is 18.4 Å². The molecule has 2 aromatic carbocycles. The lowest BCUT2D eigenvalue weighted by atomic mass is 10.1. The van der Waals surface area contributed by atoms with Crippen LogP contribution in [0.3, 0.4) is 0 Å². The van der Waals surface area contributed by atoms with Crippen molar-refractivity contribution in [3.05, 3.63) is 59.9 Å². The maximum Gasteiger partial charge on any atom is 0.191 e. The van der Waals surface area contributed by atoms with Crippen LogP contribution in [-0.2, 0) is 7.05 Å². The molecule has 4 nitrogen and oxygen atoms in total. The molecule has 0 saturated carbocycles. The molecule has 1 aromatic heterocycles. The molecular weight excluding hydrogens is 337 g/mol. The summed E-state index contributed by atoms with van der Waals surface area (Å²) in [6.07, 6.45) is 0.870. The van der Waals surface area contributed by atoms with E-state index < -0.39 is 0 Å². The standard InChI is InChI=1S/C19H20FN3OS/c1-14-5-3-6-15(13-14)18-21-22-19(23(18)2)25-12-4-11-24-17-9-7-16(20)8-10-17/h3,5-10,13H,4,11-12H2,1-2H3. The van der Waals surface area contributed by atoms with Gasteiger partial charge in [0.05, 0.1) is 6.61 Å². The second-order valence-electron chi connectivity index (χ2n) is 5.74. The Bertz CT molecular complexity index is 833. The molecule has 3 rings (SSSR count). The molecule has 0 spiro atoms. The van der Waals surface area contributed by atoms with E-state index in [4.69, 9.17) is 4.74 Å². The topological polar surface area (TPSA) is 39.9 Å². The zero-order valence-electron chi connectivity index (χ0n) is 14.3. The Kier molecular flexibility index (Phi) is 5.71. The Labute approximate surface area is 151 Å². The Morgan fingerprint density at radius 2 is 1.92 bits per heavy atom. The van der Waals surface area contributed by atoms with Crippen molar-refractivity contribution in [1.29, 1.82) is 0 Å². The fourth-order valence-electron chi connectivity index (χ4n) is 2.42. The van der Waals surface area contributed by atoms with Crippen molar-refractivity contribution in [2.24, 2.45) is 7.05 Å². The Morgan fingerprint density at radius 1 is 1.12 bits per heavy atom. The van der Waals surface area contributed by atoms with Gasteiger partial charge in [-0.3, -0.25) is 0 Å². The lowest BCUT2D eigenvalue weighted by molar-refractivity contribution is 0.318. The highest BCUT2D eigenvalue weighted by Crippen LogP contribution is 2.23. The SMILES string of the molecule is Cc1cccc(-c2nnc(SCCCOc3ccc(F)cc3)n2C)c1. The molecule has 0 fully saturated rings. The van der Waals surface area contributed by atoms with Gasteiger partial charge >= 0.3 is 0 Å². The number of rotatable bonds is 7. The Morgan fingerprint density at radius 3 is 2.68 bits per heavy atom. The lowest BCUT2D eigenvalue weighted by Gasteiger charge is -2.06. The molecule has 0 atom stereocenters. The van der Waals surface area contributed by atoms with Gasteiger partial charge in [0.2, 0.25) is 0 Å². The molecule has 0 amide bonds. The molecule has 3 aromatic rings. The van der Waals surface area contributed by atoms with Crippen LogP contribution in [0.5, 0.6) is 5.75 Å². The van der Waals surface area contributed by atoms with Gasteiger partial charge in [-0.1, -0.05) is 35.5 Å². The summed E-state index contributed by atoms with van der Waals surface area (Å²) < 4.78 is 20.4. The quantitative estimate of drug-likeness (QED) is 0.461. The van der Waals surface area contributed by atoms with E-state index in [9.17, 15) is 4.39 Å². The van der Waals surface area contributed by atoms with Gasteiger partial charge in [0.1, 0.15) is 11.6 Å². The number of ether oxygens (including phenoxy) is 1. The lowest BCUT2D eigenvalue weighted by Crippen LogP contribution is -2.00. The number of aryl methyl sites for hydroxylation is 1. The Balaban J connectivity index is 1.50. The first kappa shape index (κ1) is 17.5. The van der Waals surface area contributed by atoms with Gasteiger partial charge < -0.3 is 9.30 Å². The van der Waals surface area contributed by atoms with Crippen molar-refractivity contribution < 1.29 is 9.13 Å². The highest BCUT2D eigenvalue weighted by Gasteiger charge is 2.11. The molecule has 0 aliphatic heterocycles. The van der Waals surface area contributed by atoms with Crippen molar-refractivity contribution >= 4 is 11.8 Å².